The second kappa shape index (κ2) is 5.45. The van der Waals surface area contributed by atoms with Gasteiger partial charge in [0.25, 0.3) is 0 Å². The molecule has 0 saturated carbocycles. The molecule has 1 rings (SSSR count). The highest BCUT2D eigenvalue weighted by Gasteiger charge is 2.09. The second-order valence-corrected chi connectivity index (χ2v) is 4.77. The zero-order valence-corrected chi connectivity index (χ0v) is 11.8. The van der Waals surface area contributed by atoms with Crippen molar-refractivity contribution in [3.8, 4) is 5.75 Å². The van der Waals surface area contributed by atoms with Crippen LogP contribution in [0.1, 0.15) is 12.5 Å². The average Bonchev–Trinajstić information content (AvgIpc) is 2.16. The molecule has 0 atom stereocenters. The van der Waals surface area contributed by atoms with E-state index in [1.165, 1.54) is 13.0 Å². The van der Waals surface area contributed by atoms with E-state index < -0.39 is 4.92 Å². The molecule has 1 aromatic rings. The van der Waals surface area contributed by atoms with Gasteiger partial charge < -0.3 is 4.74 Å². The minimum Gasteiger partial charge on any atom is -0.494 e. The summed E-state index contributed by atoms with van der Waals surface area (Å²) >= 11 is 6.66. The van der Waals surface area contributed by atoms with E-state index >= 15 is 0 Å². The summed E-state index contributed by atoms with van der Waals surface area (Å²) in [5.41, 5.74) is 0.817. The van der Waals surface area contributed by atoms with Crippen LogP contribution in [-0.4, -0.2) is 12.0 Å². The average molecular weight is 351 g/mol. The predicted molar refractivity (Wildman–Crippen MR) is 69.0 cm³/mol. The van der Waals surface area contributed by atoms with Crippen LogP contribution in [0, 0.1) is 10.1 Å². The Hall–Kier alpha value is -0.880. The molecule has 86 valence electrons. The highest BCUT2D eigenvalue weighted by atomic mass is 79.9. The summed E-state index contributed by atoms with van der Waals surface area (Å²) in [4.78, 5) is 10.1. The summed E-state index contributed by atoms with van der Waals surface area (Å²) in [6.45, 7) is 1.45. The van der Waals surface area contributed by atoms with Crippen LogP contribution in [0.15, 0.2) is 26.8 Å². The number of hydrogen-bond donors (Lipinski definition) is 0. The molecule has 0 aliphatic heterocycles. The van der Waals surface area contributed by atoms with Gasteiger partial charge in [0.05, 0.1) is 21.0 Å². The Balaban J connectivity index is 3.19. The Morgan fingerprint density at radius 1 is 1.44 bits per heavy atom. The van der Waals surface area contributed by atoms with Gasteiger partial charge in [0.1, 0.15) is 5.75 Å². The lowest BCUT2D eigenvalue weighted by atomic mass is 10.2. The lowest BCUT2D eigenvalue weighted by molar-refractivity contribution is -0.422. The van der Waals surface area contributed by atoms with Gasteiger partial charge in [-0.25, -0.2) is 0 Å². The summed E-state index contributed by atoms with van der Waals surface area (Å²) in [5, 5.41) is 10.5. The fourth-order valence-corrected chi connectivity index (χ4v) is 2.70. The first kappa shape index (κ1) is 13.2. The summed E-state index contributed by atoms with van der Waals surface area (Å²) < 4.78 is 6.62. The van der Waals surface area contributed by atoms with Crippen LogP contribution < -0.4 is 4.74 Å². The second-order valence-electron chi connectivity index (χ2n) is 3.06. The third kappa shape index (κ3) is 3.05. The smallest absolute Gasteiger partial charge is 0.243 e. The van der Waals surface area contributed by atoms with Gasteiger partial charge in [-0.2, -0.15) is 0 Å². The van der Waals surface area contributed by atoms with Crippen molar-refractivity contribution in [3.63, 3.8) is 0 Å². The number of ether oxygens (including phenoxy) is 1. The van der Waals surface area contributed by atoms with Crippen LogP contribution >= 0.6 is 31.9 Å². The molecule has 0 radical (unpaired) electrons. The number of rotatable bonds is 3. The molecule has 4 nitrogen and oxygen atoms in total. The van der Waals surface area contributed by atoms with Crippen molar-refractivity contribution in [2.24, 2.45) is 0 Å². The first-order chi connectivity index (χ1) is 7.45. The third-order valence-electron chi connectivity index (χ3n) is 1.89. The van der Waals surface area contributed by atoms with Crippen LogP contribution in [0.5, 0.6) is 5.75 Å². The molecule has 1 aromatic carbocycles. The molecule has 0 N–H and O–H groups in total. The first-order valence-electron chi connectivity index (χ1n) is 4.31. The van der Waals surface area contributed by atoms with Crippen LogP contribution in [0.25, 0.3) is 6.08 Å². The van der Waals surface area contributed by atoms with Gasteiger partial charge in [-0.05, 0) is 49.6 Å². The van der Waals surface area contributed by atoms with E-state index in [9.17, 15) is 10.1 Å². The number of hydrogen-bond acceptors (Lipinski definition) is 3. The van der Waals surface area contributed by atoms with E-state index in [2.05, 4.69) is 31.9 Å². The molecule has 0 bridgehead atoms. The Labute approximate surface area is 110 Å². The topological polar surface area (TPSA) is 52.4 Å². The van der Waals surface area contributed by atoms with Crippen molar-refractivity contribution in [2.45, 2.75) is 6.92 Å². The van der Waals surface area contributed by atoms with Crippen molar-refractivity contribution in [1.29, 1.82) is 0 Å². The van der Waals surface area contributed by atoms with Gasteiger partial charge in [-0.1, -0.05) is 0 Å². The number of nitrogens with zero attached hydrogens (tertiary/aromatic N) is 1. The third-order valence-corrected chi connectivity index (χ3v) is 3.07. The quantitative estimate of drug-likeness (QED) is 0.614. The summed E-state index contributed by atoms with van der Waals surface area (Å²) in [7, 11) is 1.56. The maximum atomic E-state index is 10.5. The molecular formula is C10H9Br2NO3. The molecule has 6 heteroatoms. The maximum absolute atomic E-state index is 10.5. The van der Waals surface area contributed by atoms with E-state index in [0.29, 0.717) is 5.75 Å². The van der Waals surface area contributed by atoms with Crippen molar-refractivity contribution >= 4 is 37.9 Å². The predicted octanol–water partition coefficient (Wildman–Crippen LogP) is 3.86. The van der Waals surface area contributed by atoms with Crippen molar-refractivity contribution in [2.75, 3.05) is 7.11 Å². The van der Waals surface area contributed by atoms with E-state index in [-0.39, 0.29) is 5.70 Å². The number of methoxy groups -OCH3 is 1. The number of allylic oxidation sites excluding steroid dienone is 1. The van der Waals surface area contributed by atoms with Gasteiger partial charge >= 0.3 is 0 Å². The fraction of sp³-hybridized carbons (Fsp3) is 0.200. The fourth-order valence-electron chi connectivity index (χ4n) is 1.15. The highest BCUT2D eigenvalue weighted by molar-refractivity contribution is 9.11. The molecule has 16 heavy (non-hydrogen) atoms. The molecule has 0 spiro atoms. The largest absolute Gasteiger partial charge is 0.494 e. The van der Waals surface area contributed by atoms with Crippen LogP contribution in [0.3, 0.4) is 0 Å². The van der Waals surface area contributed by atoms with Gasteiger partial charge in [-0.3, -0.25) is 10.1 Å². The molecule has 0 heterocycles. The summed E-state index contributed by atoms with van der Waals surface area (Å²) in [6.07, 6.45) is 1.50. The van der Waals surface area contributed by atoms with Crippen LogP contribution in [0.2, 0.25) is 0 Å². The van der Waals surface area contributed by atoms with Gasteiger partial charge in [0.2, 0.25) is 5.70 Å². The van der Waals surface area contributed by atoms with Crippen molar-refractivity contribution in [1.82, 2.24) is 0 Å². The number of benzene rings is 1. The van der Waals surface area contributed by atoms with Crippen LogP contribution in [-0.2, 0) is 0 Å². The first-order valence-corrected chi connectivity index (χ1v) is 5.90. The summed E-state index contributed by atoms with van der Waals surface area (Å²) in [6, 6.07) is 3.52. The molecule has 0 aliphatic rings. The molecule has 0 fully saturated rings. The molecule has 0 amide bonds. The van der Waals surface area contributed by atoms with Crippen molar-refractivity contribution < 1.29 is 9.66 Å². The van der Waals surface area contributed by atoms with E-state index in [0.717, 1.165) is 14.5 Å². The summed E-state index contributed by atoms with van der Waals surface area (Å²) in [5.74, 6) is 0.663. The van der Waals surface area contributed by atoms with E-state index in [1.54, 1.807) is 19.2 Å². The lowest BCUT2D eigenvalue weighted by Crippen LogP contribution is -1.93. The van der Waals surface area contributed by atoms with Gasteiger partial charge in [0.15, 0.2) is 0 Å². The number of halogens is 2. The highest BCUT2D eigenvalue weighted by Crippen LogP contribution is 2.34. The zero-order valence-electron chi connectivity index (χ0n) is 8.66. The van der Waals surface area contributed by atoms with Gasteiger partial charge in [-0.15, -0.1) is 0 Å². The molecule has 0 aromatic heterocycles. The van der Waals surface area contributed by atoms with E-state index in [1.807, 2.05) is 0 Å². The minimum absolute atomic E-state index is 0.0870. The molecule has 0 aliphatic carbocycles. The molecule has 0 unspecified atom stereocenters. The molecule has 0 saturated heterocycles. The monoisotopic (exact) mass is 349 g/mol. The Morgan fingerprint density at radius 3 is 2.31 bits per heavy atom. The van der Waals surface area contributed by atoms with Gasteiger partial charge in [0, 0.05) is 13.0 Å². The Kier molecular flexibility index (Phi) is 4.49. The molecular weight excluding hydrogens is 342 g/mol. The van der Waals surface area contributed by atoms with Crippen molar-refractivity contribution in [3.05, 3.63) is 42.5 Å². The van der Waals surface area contributed by atoms with E-state index in [4.69, 9.17) is 4.74 Å². The standard InChI is InChI=1S/C10H9Br2NO3/c1-6(13(14)15)3-7-4-8(11)10(16-2)9(12)5-7/h3-5H,1-2H3/b6-3+. The number of nitro groups is 1. The minimum atomic E-state index is -0.425. The Bertz CT molecular complexity index is 434. The maximum Gasteiger partial charge on any atom is 0.243 e. The lowest BCUT2D eigenvalue weighted by Gasteiger charge is -2.06. The zero-order chi connectivity index (χ0) is 12.3. The Morgan fingerprint density at radius 2 is 1.94 bits per heavy atom. The normalized spacial score (nSPS) is 11.4. The van der Waals surface area contributed by atoms with Crippen LogP contribution in [0.4, 0.5) is 0 Å². The SMILES string of the molecule is COc1c(Br)cc(/C=C(\C)[N+](=O)[O-])cc1Br.